The predicted molar refractivity (Wildman–Crippen MR) is 55.4 cm³/mol. The van der Waals surface area contributed by atoms with Crippen molar-refractivity contribution in [2.75, 3.05) is 26.4 Å². The van der Waals surface area contributed by atoms with Crippen molar-refractivity contribution in [3.63, 3.8) is 0 Å². The summed E-state index contributed by atoms with van der Waals surface area (Å²) in [6, 6.07) is 1.67. The van der Waals surface area contributed by atoms with Crippen LogP contribution in [0.5, 0.6) is 0 Å². The van der Waals surface area contributed by atoms with E-state index >= 15 is 0 Å². The quantitative estimate of drug-likeness (QED) is 0.737. The van der Waals surface area contributed by atoms with Gasteiger partial charge in [-0.05, 0) is 21.0 Å². The van der Waals surface area contributed by atoms with E-state index in [1.165, 1.54) is 0 Å². The van der Waals surface area contributed by atoms with Crippen LogP contribution in [0.1, 0.15) is 22.7 Å². The molecule has 1 rings (SSSR count). The topological polar surface area (TPSA) is 59.5 Å². The van der Waals surface area contributed by atoms with E-state index in [1.54, 1.807) is 13.0 Å². The molecule has 0 saturated carbocycles. The SMILES string of the molecule is Cc1cc(N)c(C(=O)CCN(C)C)o1. The highest BCUT2D eigenvalue weighted by Gasteiger charge is 2.14. The van der Waals surface area contributed by atoms with Gasteiger partial charge < -0.3 is 15.1 Å². The van der Waals surface area contributed by atoms with Crippen LogP contribution < -0.4 is 5.73 Å². The third-order valence-electron chi connectivity index (χ3n) is 1.92. The van der Waals surface area contributed by atoms with E-state index in [1.807, 2.05) is 19.0 Å². The molecule has 0 aromatic carbocycles. The summed E-state index contributed by atoms with van der Waals surface area (Å²) in [5.74, 6) is 0.935. The van der Waals surface area contributed by atoms with Crippen molar-refractivity contribution in [3.8, 4) is 0 Å². The molecule has 0 saturated heterocycles. The van der Waals surface area contributed by atoms with Crippen LogP contribution in [0.4, 0.5) is 5.69 Å². The van der Waals surface area contributed by atoms with Gasteiger partial charge >= 0.3 is 0 Å². The van der Waals surface area contributed by atoms with Gasteiger partial charge in [-0.2, -0.15) is 0 Å². The van der Waals surface area contributed by atoms with Crippen molar-refractivity contribution in [1.82, 2.24) is 4.90 Å². The molecule has 78 valence electrons. The lowest BCUT2D eigenvalue weighted by atomic mass is 10.2. The van der Waals surface area contributed by atoms with Crippen LogP contribution in [0.25, 0.3) is 0 Å². The Bertz CT molecular complexity index is 329. The van der Waals surface area contributed by atoms with Crippen LogP contribution in [0, 0.1) is 6.92 Å². The van der Waals surface area contributed by atoms with Gasteiger partial charge in [-0.1, -0.05) is 0 Å². The van der Waals surface area contributed by atoms with E-state index in [0.717, 1.165) is 0 Å². The first-order valence-electron chi connectivity index (χ1n) is 4.54. The summed E-state index contributed by atoms with van der Waals surface area (Å²) in [6.45, 7) is 2.48. The highest BCUT2D eigenvalue weighted by atomic mass is 16.3. The third-order valence-corrected chi connectivity index (χ3v) is 1.92. The van der Waals surface area contributed by atoms with Gasteiger partial charge in [0, 0.05) is 19.0 Å². The molecule has 0 spiro atoms. The summed E-state index contributed by atoms with van der Waals surface area (Å²) >= 11 is 0. The fourth-order valence-electron chi connectivity index (χ4n) is 1.19. The molecule has 0 amide bonds. The maximum Gasteiger partial charge on any atom is 0.201 e. The van der Waals surface area contributed by atoms with Gasteiger partial charge in [-0.15, -0.1) is 0 Å². The first kappa shape index (κ1) is 10.8. The summed E-state index contributed by atoms with van der Waals surface area (Å²) in [5, 5.41) is 0. The number of carbonyl (C=O) groups is 1. The minimum absolute atomic E-state index is 0.0377. The highest BCUT2D eigenvalue weighted by Crippen LogP contribution is 2.18. The second-order valence-corrected chi connectivity index (χ2v) is 3.62. The number of anilines is 1. The second kappa shape index (κ2) is 4.28. The Labute approximate surface area is 83.7 Å². The van der Waals surface area contributed by atoms with Crippen LogP contribution in [0.3, 0.4) is 0 Å². The first-order valence-corrected chi connectivity index (χ1v) is 4.54. The predicted octanol–water partition coefficient (Wildman–Crippen LogP) is 1.30. The Hall–Kier alpha value is -1.29. The summed E-state index contributed by atoms with van der Waals surface area (Å²) in [5.41, 5.74) is 6.06. The fraction of sp³-hybridized carbons (Fsp3) is 0.500. The Morgan fingerprint density at radius 2 is 2.21 bits per heavy atom. The Morgan fingerprint density at radius 3 is 2.64 bits per heavy atom. The van der Waals surface area contributed by atoms with Crippen LogP contribution in [0.2, 0.25) is 0 Å². The Balaban J connectivity index is 2.65. The number of carbonyl (C=O) groups excluding carboxylic acids is 1. The summed E-state index contributed by atoms with van der Waals surface area (Å²) in [7, 11) is 3.84. The normalized spacial score (nSPS) is 10.9. The van der Waals surface area contributed by atoms with Gasteiger partial charge in [0.2, 0.25) is 5.78 Å². The molecule has 1 aromatic heterocycles. The molecule has 0 bridgehead atoms. The largest absolute Gasteiger partial charge is 0.456 e. The molecule has 1 heterocycles. The molecule has 0 unspecified atom stereocenters. The molecule has 2 N–H and O–H groups in total. The number of nitrogens with zero attached hydrogens (tertiary/aromatic N) is 1. The van der Waals surface area contributed by atoms with Crippen molar-refractivity contribution in [2.45, 2.75) is 13.3 Å². The van der Waals surface area contributed by atoms with E-state index in [4.69, 9.17) is 10.2 Å². The van der Waals surface area contributed by atoms with Crippen molar-refractivity contribution in [1.29, 1.82) is 0 Å². The van der Waals surface area contributed by atoms with Gasteiger partial charge in [0.25, 0.3) is 0 Å². The molecular formula is C10H16N2O2. The summed E-state index contributed by atoms with van der Waals surface area (Å²) in [4.78, 5) is 13.5. The number of hydrogen-bond donors (Lipinski definition) is 1. The van der Waals surface area contributed by atoms with E-state index in [-0.39, 0.29) is 5.78 Å². The average molecular weight is 196 g/mol. The molecule has 0 atom stereocenters. The molecule has 14 heavy (non-hydrogen) atoms. The lowest BCUT2D eigenvalue weighted by Crippen LogP contribution is -2.16. The lowest BCUT2D eigenvalue weighted by Gasteiger charge is -2.07. The molecular weight excluding hydrogens is 180 g/mol. The Kier molecular flexibility index (Phi) is 3.30. The van der Waals surface area contributed by atoms with Gasteiger partial charge in [-0.3, -0.25) is 4.79 Å². The molecule has 0 aliphatic carbocycles. The number of furan rings is 1. The molecule has 0 aliphatic heterocycles. The zero-order valence-corrected chi connectivity index (χ0v) is 8.83. The first-order chi connectivity index (χ1) is 6.50. The number of nitrogens with two attached hydrogens (primary N) is 1. The van der Waals surface area contributed by atoms with Crippen LogP contribution in [-0.2, 0) is 0 Å². The van der Waals surface area contributed by atoms with Gasteiger partial charge in [-0.25, -0.2) is 0 Å². The van der Waals surface area contributed by atoms with E-state index in [2.05, 4.69) is 0 Å². The monoisotopic (exact) mass is 196 g/mol. The summed E-state index contributed by atoms with van der Waals surface area (Å²) in [6.07, 6.45) is 0.435. The standard InChI is InChI=1S/C10H16N2O2/c1-7-6-8(11)10(14-7)9(13)4-5-12(2)3/h6H,4-5,11H2,1-3H3. The fourth-order valence-corrected chi connectivity index (χ4v) is 1.19. The van der Waals surface area contributed by atoms with Gasteiger partial charge in [0.05, 0.1) is 5.69 Å². The van der Waals surface area contributed by atoms with Crippen molar-refractivity contribution < 1.29 is 9.21 Å². The Morgan fingerprint density at radius 1 is 1.57 bits per heavy atom. The van der Waals surface area contributed by atoms with E-state index < -0.39 is 0 Å². The van der Waals surface area contributed by atoms with Crippen LogP contribution >= 0.6 is 0 Å². The lowest BCUT2D eigenvalue weighted by molar-refractivity contribution is 0.0945. The number of Topliss-reactive ketones (excluding diaryl/α,β-unsaturated/α-hetero) is 1. The van der Waals surface area contributed by atoms with Gasteiger partial charge in [0.1, 0.15) is 5.76 Å². The van der Waals surface area contributed by atoms with Crippen LogP contribution in [0.15, 0.2) is 10.5 Å². The minimum Gasteiger partial charge on any atom is -0.456 e. The number of rotatable bonds is 4. The van der Waals surface area contributed by atoms with Crippen molar-refractivity contribution in [3.05, 3.63) is 17.6 Å². The zero-order chi connectivity index (χ0) is 10.7. The molecule has 4 nitrogen and oxygen atoms in total. The maximum absolute atomic E-state index is 11.6. The number of hydrogen-bond acceptors (Lipinski definition) is 4. The maximum atomic E-state index is 11.6. The average Bonchev–Trinajstić information content (AvgIpc) is 2.41. The van der Waals surface area contributed by atoms with Crippen molar-refractivity contribution in [2.24, 2.45) is 0 Å². The molecule has 0 fully saturated rings. The number of nitrogen functional groups attached to an aromatic ring is 1. The third kappa shape index (κ3) is 2.60. The molecule has 0 aliphatic rings. The van der Waals surface area contributed by atoms with Crippen LogP contribution in [-0.4, -0.2) is 31.3 Å². The van der Waals surface area contributed by atoms with Gasteiger partial charge in [0.15, 0.2) is 5.76 Å². The van der Waals surface area contributed by atoms with E-state index in [9.17, 15) is 4.79 Å². The summed E-state index contributed by atoms with van der Waals surface area (Å²) < 4.78 is 5.22. The highest BCUT2D eigenvalue weighted by molar-refractivity contribution is 5.98. The van der Waals surface area contributed by atoms with E-state index in [0.29, 0.717) is 30.2 Å². The second-order valence-electron chi connectivity index (χ2n) is 3.62. The number of aryl methyl sites for hydroxylation is 1. The molecule has 1 aromatic rings. The van der Waals surface area contributed by atoms with Crippen molar-refractivity contribution >= 4 is 11.5 Å². The smallest absolute Gasteiger partial charge is 0.201 e. The zero-order valence-electron chi connectivity index (χ0n) is 8.83. The minimum atomic E-state index is -0.0377. The molecule has 4 heteroatoms. The molecule has 0 radical (unpaired) electrons. The number of ketones is 1.